The van der Waals surface area contributed by atoms with Crippen molar-refractivity contribution in [3.8, 4) is 0 Å². The molecule has 2 rings (SSSR count). The van der Waals surface area contributed by atoms with E-state index in [0.717, 1.165) is 22.0 Å². The average molecular weight is 279 g/mol. The van der Waals surface area contributed by atoms with Gasteiger partial charge in [-0.3, -0.25) is 4.98 Å². The van der Waals surface area contributed by atoms with Gasteiger partial charge in [0.05, 0.1) is 22.6 Å². The Kier molecular flexibility index (Phi) is 3.92. The van der Waals surface area contributed by atoms with Crippen LogP contribution in [-0.2, 0) is 11.2 Å². The molecule has 2 heterocycles. The minimum Gasteiger partial charge on any atom is -0.397 e. The lowest BCUT2D eigenvalue weighted by Crippen LogP contribution is -2.10. The molecule has 0 radical (unpaired) electrons. The van der Waals surface area contributed by atoms with Gasteiger partial charge in [-0.15, -0.1) is 23.1 Å². The highest BCUT2D eigenvalue weighted by atomic mass is 32.2. The Balaban J connectivity index is 2.03. The Morgan fingerprint density at radius 3 is 2.78 bits per heavy atom. The summed E-state index contributed by atoms with van der Waals surface area (Å²) < 4.78 is 0. The van der Waals surface area contributed by atoms with Crippen LogP contribution >= 0.6 is 23.1 Å². The second-order valence-electron chi connectivity index (χ2n) is 5.10. The molecule has 0 aliphatic carbocycles. The molecule has 0 aliphatic rings. The van der Waals surface area contributed by atoms with Crippen molar-refractivity contribution in [3.05, 3.63) is 34.5 Å². The summed E-state index contributed by atoms with van der Waals surface area (Å²) in [6.45, 7) is 6.55. The maximum atomic E-state index is 5.86. The molecule has 2 aromatic heterocycles. The van der Waals surface area contributed by atoms with Gasteiger partial charge in [0.25, 0.3) is 0 Å². The van der Waals surface area contributed by atoms with Crippen molar-refractivity contribution < 1.29 is 0 Å². The van der Waals surface area contributed by atoms with Gasteiger partial charge in [-0.25, -0.2) is 4.98 Å². The highest BCUT2D eigenvalue weighted by Gasteiger charge is 2.17. The molecule has 0 spiro atoms. The van der Waals surface area contributed by atoms with Gasteiger partial charge < -0.3 is 5.73 Å². The SMILES string of the molecule is CC(C)(C)c1nc(CSc2ccncc2N)cs1. The van der Waals surface area contributed by atoms with E-state index in [-0.39, 0.29) is 5.41 Å². The van der Waals surface area contributed by atoms with Gasteiger partial charge in [-0.2, -0.15) is 0 Å². The number of anilines is 1. The summed E-state index contributed by atoms with van der Waals surface area (Å²) in [6, 6.07) is 1.94. The third kappa shape index (κ3) is 3.23. The Bertz CT molecular complexity index is 529. The van der Waals surface area contributed by atoms with Gasteiger partial charge in [0.15, 0.2) is 0 Å². The van der Waals surface area contributed by atoms with Gasteiger partial charge in [0.1, 0.15) is 0 Å². The number of nitrogens with two attached hydrogens (primary N) is 1. The van der Waals surface area contributed by atoms with Gasteiger partial charge in [-0.1, -0.05) is 20.8 Å². The van der Waals surface area contributed by atoms with E-state index in [4.69, 9.17) is 5.73 Å². The fraction of sp³-hybridized carbons (Fsp3) is 0.385. The first-order chi connectivity index (χ1) is 8.47. The summed E-state index contributed by atoms with van der Waals surface area (Å²) in [5, 5.41) is 3.31. The number of nitrogen functional groups attached to an aromatic ring is 1. The van der Waals surface area contributed by atoms with Crippen LogP contribution < -0.4 is 5.73 Å². The normalized spacial score (nSPS) is 11.7. The van der Waals surface area contributed by atoms with Crippen LogP contribution in [0.5, 0.6) is 0 Å². The summed E-state index contributed by atoms with van der Waals surface area (Å²) in [5.74, 6) is 0.848. The van der Waals surface area contributed by atoms with E-state index in [1.165, 1.54) is 5.01 Å². The summed E-state index contributed by atoms with van der Waals surface area (Å²) in [5.41, 5.74) is 7.83. The number of rotatable bonds is 3. The van der Waals surface area contributed by atoms with Crippen molar-refractivity contribution >= 4 is 28.8 Å². The van der Waals surface area contributed by atoms with Crippen LogP contribution in [-0.4, -0.2) is 9.97 Å². The van der Waals surface area contributed by atoms with Crippen LogP contribution in [0.4, 0.5) is 5.69 Å². The zero-order valence-corrected chi connectivity index (χ0v) is 12.4. The van der Waals surface area contributed by atoms with Crippen molar-refractivity contribution in [2.24, 2.45) is 0 Å². The van der Waals surface area contributed by atoms with E-state index < -0.39 is 0 Å². The molecule has 96 valence electrons. The third-order valence-corrected chi connectivity index (χ3v) is 4.82. The Hall–Kier alpha value is -1.07. The van der Waals surface area contributed by atoms with Gasteiger partial charge >= 0.3 is 0 Å². The van der Waals surface area contributed by atoms with Crippen LogP contribution in [0.15, 0.2) is 28.7 Å². The third-order valence-electron chi connectivity index (χ3n) is 2.38. The molecule has 5 heteroatoms. The standard InChI is InChI=1S/C13H17N3S2/c1-13(2,3)12-16-9(8-18-12)7-17-11-4-5-15-6-10(11)14/h4-6,8H,7,14H2,1-3H3. The molecular weight excluding hydrogens is 262 g/mol. The number of hydrogen-bond acceptors (Lipinski definition) is 5. The minimum absolute atomic E-state index is 0.128. The second-order valence-corrected chi connectivity index (χ2v) is 6.97. The number of thioether (sulfide) groups is 1. The first kappa shape index (κ1) is 13.4. The van der Waals surface area contributed by atoms with Crippen molar-refractivity contribution in [1.82, 2.24) is 9.97 Å². The fourth-order valence-corrected chi connectivity index (χ4v) is 3.24. The number of hydrogen-bond donors (Lipinski definition) is 1. The van der Waals surface area contributed by atoms with Crippen molar-refractivity contribution in [2.75, 3.05) is 5.73 Å². The lowest BCUT2D eigenvalue weighted by atomic mass is 9.98. The fourth-order valence-electron chi connectivity index (χ4n) is 1.39. The van der Waals surface area contributed by atoms with Gasteiger partial charge in [-0.05, 0) is 6.07 Å². The zero-order chi connectivity index (χ0) is 13.2. The molecule has 2 N–H and O–H groups in total. The summed E-state index contributed by atoms with van der Waals surface area (Å²) in [7, 11) is 0. The molecule has 0 saturated heterocycles. The molecule has 0 amide bonds. The minimum atomic E-state index is 0.128. The Labute approximate surface area is 116 Å². The number of nitrogens with zero attached hydrogens (tertiary/aromatic N) is 2. The highest BCUT2D eigenvalue weighted by Crippen LogP contribution is 2.30. The molecule has 0 atom stereocenters. The van der Waals surface area contributed by atoms with Crippen LogP contribution in [0.2, 0.25) is 0 Å². The molecule has 2 aromatic rings. The predicted octanol–water partition coefficient (Wildman–Crippen LogP) is 3.71. The first-order valence-electron chi connectivity index (χ1n) is 5.74. The zero-order valence-electron chi connectivity index (χ0n) is 10.8. The summed E-state index contributed by atoms with van der Waals surface area (Å²) >= 11 is 3.43. The topological polar surface area (TPSA) is 51.8 Å². The molecule has 18 heavy (non-hydrogen) atoms. The smallest absolute Gasteiger partial charge is 0.0982 e. The van der Waals surface area contributed by atoms with E-state index >= 15 is 0 Å². The molecule has 0 unspecified atom stereocenters. The van der Waals surface area contributed by atoms with Gasteiger partial charge in [0.2, 0.25) is 0 Å². The quantitative estimate of drug-likeness (QED) is 0.870. The first-order valence-corrected chi connectivity index (χ1v) is 7.60. The summed E-state index contributed by atoms with van der Waals surface area (Å²) in [4.78, 5) is 9.72. The van der Waals surface area contributed by atoms with Crippen LogP contribution in [0.1, 0.15) is 31.5 Å². The van der Waals surface area contributed by atoms with Crippen LogP contribution in [0.3, 0.4) is 0 Å². The Morgan fingerprint density at radius 1 is 1.39 bits per heavy atom. The maximum absolute atomic E-state index is 5.86. The lowest BCUT2D eigenvalue weighted by molar-refractivity contribution is 0.584. The molecule has 0 bridgehead atoms. The lowest BCUT2D eigenvalue weighted by Gasteiger charge is -2.13. The van der Waals surface area contributed by atoms with E-state index in [0.29, 0.717) is 0 Å². The molecule has 0 aliphatic heterocycles. The summed E-state index contributed by atoms with van der Waals surface area (Å²) in [6.07, 6.45) is 3.45. The van der Waals surface area contributed by atoms with E-state index in [9.17, 15) is 0 Å². The molecular formula is C13H17N3S2. The number of aromatic nitrogens is 2. The predicted molar refractivity (Wildman–Crippen MR) is 79.0 cm³/mol. The highest BCUT2D eigenvalue weighted by molar-refractivity contribution is 7.98. The molecule has 0 aromatic carbocycles. The van der Waals surface area contributed by atoms with Crippen molar-refractivity contribution in [3.63, 3.8) is 0 Å². The average Bonchev–Trinajstić information content (AvgIpc) is 2.76. The van der Waals surface area contributed by atoms with E-state index in [1.807, 2.05) is 6.07 Å². The molecule has 0 saturated carbocycles. The number of thiazole rings is 1. The van der Waals surface area contributed by atoms with E-state index in [2.05, 4.69) is 36.1 Å². The van der Waals surface area contributed by atoms with Crippen LogP contribution in [0, 0.1) is 0 Å². The van der Waals surface area contributed by atoms with Crippen LogP contribution in [0.25, 0.3) is 0 Å². The monoisotopic (exact) mass is 279 g/mol. The van der Waals surface area contributed by atoms with E-state index in [1.54, 1.807) is 35.5 Å². The van der Waals surface area contributed by atoms with Gasteiger partial charge in [0, 0.05) is 27.6 Å². The number of pyridine rings is 1. The largest absolute Gasteiger partial charge is 0.397 e. The second kappa shape index (κ2) is 5.28. The maximum Gasteiger partial charge on any atom is 0.0982 e. The molecule has 3 nitrogen and oxygen atoms in total. The van der Waals surface area contributed by atoms with Crippen molar-refractivity contribution in [2.45, 2.75) is 36.8 Å². The molecule has 0 fully saturated rings. The Morgan fingerprint density at radius 2 is 2.17 bits per heavy atom. The van der Waals surface area contributed by atoms with Crippen molar-refractivity contribution in [1.29, 1.82) is 0 Å².